The smallest absolute Gasteiger partial charge is 0.287 e. The molecule has 0 unspecified atom stereocenters. The van der Waals surface area contributed by atoms with E-state index in [1.807, 2.05) is 48.5 Å². The molecule has 0 bridgehead atoms. The van der Waals surface area contributed by atoms with Gasteiger partial charge in [0.2, 0.25) is 0 Å². The van der Waals surface area contributed by atoms with Gasteiger partial charge in [-0.3, -0.25) is 4.79 Å². The third-order valence-electron chi connectivity index (χ3n) is 3.79. The molecule has 0 aliphatic rings. The molecule has 140 valence electrons. The van der Waals surface area contributed by atoms with Crippen LogP contribution in [0.1, 0.15) is 16.1 Å². The van der Waals surface area contributed by atoms with Gasteiger partial charge in [0.25, 0.3) is 5.91 Å². The number of para-hydroxylation sites is 1. The Labute approximate surface area is 157 Å². The SMILES string of the molecule is COc1cccc(OCCNC(=O)c2occc2COc2ccccc2)c1. The van der Waals surface area contributed by atoms with E-state index in [0.717, 1.165) is 11.5 Å². The second-order valence-corrected chi connectivity index (χ2v) is 5.66. The van der Waals surface area contributed by atoms with Crippen molar-refractivity contribution in [3.8, 4) is 17.2 Å². The normalized spacial score (nSPS) is 10.3. The number of hydrogen-bond acceptors (Lipinski definition) is 5. The minimum absolute atomic E-state index is 0.243. The molecular formula is C21H21NO5. The highest BCUT2D eigenvalue weighted by Crippen LogP contribution is 2.19. The van der Waals surface area contributed by atoms with Crippen LogP contribution in [0.2, 0.25) is 0 Å². The topological polar surface area (TPSA) is 69.9 Å². The summed E-state index contributed by atoms with van der Waals surface area (Å²) in [6, 6.07) is 18.4. The maximum Gasteiger partial charge on any atom is 0.287 e. The Balaban J connectivity index is 1.46. The second kappa shape index (κ2) is 9.33. The van der Waals surface area contributed by atoms with Gasteiger partial charge in [-0.2, -0.15) is 0 Å². The molecular weight excluding hydrogens is 346 g/mol. The molecule has 0 atom stereocenters. The molecule has 0 aliphatic heterocycles. The molecule has 0 fully saturated rings. The van der Waals surface area contributed by atoms with E-state index in [-0.39, 0.29) is 18.3 Å². The lowest BCUT2D eigenvalue weighted by Crippen LogP contribution is -2.28. The highest BCUT2D eigenvalue weighted by Gasteiger charge is 2.15. The third kappa shape index (κ3) is 5.28. The van der Waals surface area contributed by atoms with Crippen LogP contribution in [0.3, 0.4) is 0 Å². The van der Waals surface area contributed by atoms with Crippen LogP contribution in [0.4, 0.5) is 0 Å². The predicted molar refractivity (Wildman–Crippen MR) is 100 cm³/mol. The van der Waals surface area contributed by atoms with Gasteiger partial charge in [-0.15, -0.1) is 0 Å². The van der Waals surface area contributed by atoms with E-state index < -0.39 is 0 Å². The number of nitrogens with one attached hydrogen (secondary N) is 1. The van der Waals surface area contributed by atoms with Crippen LogP contribution < -0.4 is 19.5 Å². The van der Waals surface area contributed by atoms with E-state index in [1.165, 1.54) is 6.26 Å². The van der Waals surface area contributed by atoms with Crippen molar-refractivity contribution < 1.29 is 23.4 Å². The molecule has 1 heterocycles. The van der Waals surface area contributed by atoms with E-state index in [4.69, 9.17) is 18.6 Å². The molecule has 3 rings (SSSR count). The maximum atomic E-state index is 12.3. The van der Waals surface area contributed by atoms with Crippen molar-refractivity contribution in [2.45, 2.75) is 6.61 Å². The van der Waals surface area contributed by atoms with Gasteiger partial charge in [0.05, 0.1) is 19.9 Å². The van der Waals surface area contributed by atoms with Crippen LogP contribution in [0, 0.1) is 0 Å². The van der Waals surface area contributed by atoms with Crippen LogP contribution in [0.15, 0.2) is 71.3 Å². The Morgan fingerprint density at radius 2 is 1.74 bits per heavy atom. The lowest BCUT2D eigenvalue weighted by molar-refractivity contribution is 0.0915. The predicted octanol–water partition coefficient (Wildman–Crippen LogP) is 3.68. The minimum Gasteiger partial charge on any atom is -0.497 e. The molecule has 1 aromatic heterocycles. The molecule has 0 aliphatic carbocycles. The van der Waals surface area contributed by atoms with Crippen molar-refractivity contribution >= 4 is 5.91 Å². The number of carbonyl (C=O) groups is 1. The average molecular weight is 367 g/mol. The van der Waals surface area contributed by atoms with Crippen LogP contribution >= 0.6 is 0 Å². The number of ether oxygens (including phenoxy) is 3. The Kier molecular flexibility index (Phi) is 6.35. The monoisotopic (exact) mass is 367 g/mol. The number of carbonyl (C=O) groups excluding carboxylic acids is 1. The standard InChI is InChI=1S/C21H21NO5/c1-24-18-8-5-9-19(14-18)25-13-11-22-21(23)20-16(10-12-26-20)15-27-17-6-3-2-4-7-17/h2-10,12,14H,11,13,15H2,1H3,(H,22,23). The summed E-state index contributed by atoms with van der Waals surface area (Å²) in [5.41, 5.74) is 0.685. The molecule has 0 saturated heterocycles. The first-order chi connectivity index (χ1) is 13.3. The Morgan fingerprint density at radius 1 is 0.963 bits per heavy atom. The van der Waals surface area contributed by atoms with Gasteiger partial charge >= 0.3 is 0 Å². The fourth-order valence-electron chi connectivity index (χ4n) is 2.43. The summed E-state index contributed by atoms with van der Waals surface area (Å²) in [6.07, 6.45) is 1.48. The lowest BCUT2D eigenvalue weighted by atomic mass is 10.2. The van der Waals surface area contributed by atoms with Gasteiger partial charge in [0.15, 0.2) is 5.76 Å². The number of rotatable bonds is 9. The fraction of sp³-hybridized carbons (Fsp3) is 0.190. The van der Waals surface area contributed by atoms with Crippen molar-refractivity contribution in [3.05, 3.63) is 78.3 Å². The number of amides is 1. The van der Waals surface area contributed by atoms with Crippen molar-refractivity contribution in [2.24, 2.45) is 0 Å². The van der Waals surface area contributed by atoms with Gasteiger partial charge in [0, 0.05) is 11.6 Å². The van der Waals surface area contributed by atoms with E-state index in [0.29, 0.717) is 24.5 Å². The Hall–Kier alpha value is -3.41. The van der Waals surface area contributed by atoms with Crippen LogP contribution in [-0.2, 0) is 6.61 Å². The summed E-state index contributed by atoms with van der Waals surface area (Å²) in [4.78, 5) is 12.3. The third-order valence-corrected chi connectivity index (χ3v) is 3.79. The summed E-state index contributed by atoms with van der Waals surface area (Å²) in [7, 11) is 1.60. The average Bonchev–Trinajstić information content (AvgIpc) is 3.19. The molecule has 2 aromatic carbocycles. The summed E-state index contributed by atoms with van der Waals surface area (Å²) in [6.45, 7) is 0.925. The van der Waals surface area contributed by atoms with E-state index in [9.17, 15) is 4.79 Å². The first-order valence-corrected chi connectivity index (χ1v) is 8.55. The van der Waals surface area contributed by atoms with Crippen LogP contribution in [0.25, 0.3) is 0 Å². The van der Waals surface area contributed by atoms with Gasteiger partial charge in [-0.25, -0.2) is 0 Å². The number of benzene rings is 2. The first-order valence-electron chi connectivity index (χ1n) is 8.55. The zero-order valence-electron chi connectivity index (χ0n) is 15.0. The molecule has 3 aromatic rings. The van der Waals surface area contributed by atoms with Crippen molar-refractivity contribution in [1.82, 2.24) is 5.32 Å². The van der Waals surface area contributed by atoms with Crippen LogP contribution in [0.5, 0.6) is 17.2 Å². The van der Waals surface area contributed by atoms with Crippen molar-refractivity contribution in [3.63, 3.8) is 0 Å². The van der Waals surface area contributed by atoms with E-state index in [2.05, 4.69) is 5.32 Å². The zero-order valence-corrected chi connectivity index (χ0v) is 15.0. The van der Waals surface area contributed by atoms with Crippen LogP contribution in [-0.4, -0.2) is 26.2 Å². The summed E-state index contributed by atoms with van der Waals surface area (Å²) >= 11 is 0. The largest absolute Gasteiger partial charge is 0.497 e. The molecule has 6 heteroatoms. The van der Waals surface area contributed by atoms with E-state index in [1.54, 1.807) is 19.2 Å². The summed E-state index contributed by atoms with van der Waals surface area (Å²) in [5.74, 6) is 2.07. The molecule has 0 spiro atoms. The zero-order chi connectivity index (χ0) is 18.9. The van der Waals surface area contributed by atoms with Gasteiger partial charge in [-0.1, -0.05) is 24.3 Å². The van der Waals surface area contributed by atoms with E-state index >= 15 is 0 Å². The highest BCUT2D eigenvalue weighted by atomic mass is 16.5. The minimum atomic E-state index is -0.305. The first kappa shape index (κ1) is 18.4. The summed E-state index contributed by atoms with van der Waals surface area (Å²) in [5, 5.41) is 2.78. The Bertz CT molecular complexity index is 860. The lowest BCUT2D eigenvalue weighted by Gasteiger charge is -2.09. The molecule has 0 radical (unpaired) electrons. The number of furan rings is 1. The molecule has 1 amide bonds. The van der Waals surface area contributed by atoms with Gasteiger partial charge in [-0.05, 0) is 30.3 Å². The Morgan fingerprint density at radius 3 is 2.56 bits per heavy atom. The fourth-order valence-corrected chi connectivity index (χ4v) is 2.43. The molecule has 6 nitrogen and oxygen atoms in total. The van der Waals surface area contributed by atoms with Gasteiger partial charge in [0.1, 0.15) is 30.5 Å². The van der Waals surface area contributed by atoms with Crippen molar-refractivity contribution in [2.75, 3.05) is 20.3 Å². The molecule has 27 heavy (non-hydrogen) atoms. The number of methoxy groups -OCH3 is 1. The molecule has 1 N–H and O–H groups in total. The quantitative estimate of drug-likeness (QED) is 0.584. The van der Waals surface area contributed by atoms with Crippen molar-refractivity contribution in [1.29, 1.82) is 0 Å². The van der Waals surface area contributed by atoms with Gasteiger partial charge < -0.3 is 23.9 Å². The number of hydrogen-bond donors (Lipinski definition) is 1. The second-order valence-electron chi connectivity index (χ2n) is 5.66. The highest BCUT2D eigenvalue weighted by molar-refractivity contribution is 5.92. The summed E-state index contributed by atoms with van der Waals surface area (Å²) < 4.78 is 21.7. The maximum absolute atomic E-state index is 12.3. The molecule has 0 saturated carbocycles.